The van der Waals surface area contributed by atoms with Gasteiger partial charge in [-0.25, -0.2) is 9.97 Å². The van der Waals surface area contributed by atoms with Crippen LogP contribution >= 0.6 is 0 Å². The van der Waals surface area contributed by atoms with Gasteiger partial charge in [-0.05, 0) is 36.4 Å². The van der Waals surface area contributed by atoms with E-state index in [2.05, 4.69) is 15.3 Å². The van der Waals surface area contributed by atoms with E-state index in [9.17, 15) is 14.7 Å². The Bertz CT molecular complexity index is 1190. The van der Waals surface area contributed by atoms with E-state index in [-0.39, 0.29) is 17.0 Å². The molecule has 0 atom stereocenters. The van der Waals surface area contributed by atoms with Crippen LogP contribution in [0.2, 0.25) is 0 Å². The molecule has 27 heavy (non-hydrogen) atoms. The first-order chi connectivity index (χ1) is 13.2. The van der Waals surface area contributed by atoms with Crippen molar-refractivity contribution in [2.45, 2.75) is 0 Å². The Morgan fingerprint density at radius 1 is 0.926 bits per heavy atom. The molecule has 0 radical (unpaired) electrons. The normalized spacial score (nSPS) is 10.7. The summed E-state index contributed by atoms with van der Waals surface area (Å²) in [4.78, 5) is 34.1. The van der Waals surface area contributed by atoms with Crippen LogP contribution in [0.3, 0.4) is 0 Å². The number of rotatable bonds is 3. The summed E-state index contributed by atoms with van der Waals surface area (Å²) >= 11 is 0. The topological polar surface area (TPSA) is 97.1 Å². The summed E-state index contributed by atoms with van der Waals surface area (Å²) in [5.74, 6) is -0.880. The molecule has 1 aromatic carbocycles. The van der Waals surface area contributed by atoms with Gasteiger partial charge in [0.25, 0.3) is 11.5 Å². The number of fused-ring (bicyclic) bond motifs is 1. The Morgan fingerprint density at radius 3 is 2.41 bits per heavy atom. The second-order valence-electron chi connectivity index (χ2n) is 5.74. The van der Waals surface area contributed by atoms with Gasteiger partial charge in [-0.2, -0.15) is 0 Å². The molecule has 3 heterocycles. The highest BCUT2D eigenvalue weighted by Crippen LogP contribution is 2.27. The molecular formula is C20H14N4O3. The SMILES string of the molecule is O=C(Nc1ccccn1)c1c(O)c2cccnc2n(-c2ccccc2)c1=O. The number of amides is 1. The van der Waals surface area contributed by atoms with E-state index < -0.39 is 17.2 Å². The monoisotopic (exact) mass is 358 g/mol. The Morgan fingerprint density at radius 2 is 1.67 bits per heavy atom. The minimum absolute atomic E-state index is 0.264. The summed E-state index contributed by atoms with van der Waals surface area (Å²) in [5.41, 5.74) is -0.234. The van der Waals surface area contributed by atoms with Crippen LogP contribution in [0.4, 0.5) is 5.82 Å². The number of hydrogen-bond donors (Lipinski definition) is 2. The molecule has 0 saturated heterocycles. The standard InChI is InChI=1S/C20H14N4O3/c25-17-14-9-6-12-22-18(14)24(13-7-2-1-3-8-13)20(27)16(17)19(26)23-15-10-4-5-11-21-15/h1-12,25H,(H,21,23,26). The number of carbonyl (C=O) groups is 1. The molecule has 0 aliphatic rings. The van der Waals surface area contributed by atoms with Gasteiger partial charge in [0.2, 0.25) is 0 Å². The first-order valence-electron chi connectivity index (χ1n) is 8.17. The number of nitrogens with one attached hydrogen (secondary N) is 1. The maximum Gasteiger partial charge on any atom is 0.273 e. The molecule has 0 unspecified atom stereocenters. The van der Waals surface area contributed by atoms with Crippen molar-refractivity contribution in [3.63, 3.8) is 0 Å². The summed E-state index contributed by atoms with van der Waals surface area (Å²) < 4.78 is 1.31. The number of hydrogen-bond acceptors (Lipinski definition) is 5. The fourth-order valence-electron chi connectivity index (χ4n) is 2.84. The third-order valence-electron chi connectivity index (χ3n) is 4.06. The highest BCUT2D eigenvalue weighted by atomic mass is 16.3. The molecular weight excluding hydrogens is 344 g/mol. The zero-order valence-corrected chi connectivity index (χ0v) is 14.0. The molecule has 1 amide bonds. The van der Waals surface area contributed by atoms with E-state index >= 15 is 0 Å². The largest absolute Gasteiger partial charge is 0.506 e. The lowest BCUT2D eigenvalue weighted by molar-refractivity contribution is 0.102. The average Bonchev–Trinajstić information content (AvgIpc) is 2.70. The van der Waals surface area contributed by atoms with Crippen molar-refractivity contribution in [2.75, 3.05) is 5.32 Å². The smallest absolute Gasteiger partial charge is 0.273 e. The predicted octanol–water partition coefficient (Wildman–Crippen LogP) is 2.74. The number of benzene rings is 1. The Labute approximate surface area is 153 Å². The maximum atomic E-state index is 13.1. The summed E-state index contributed by atoms with van der Waals surface area (Å²) in [6, 6.07) is 17.1. The molecule has 0 fully saturated rings. The van der Waals surface area contributed by atoms with Gasteiger partial charge in [-0.3, -0.25) is 14.2 Å². The van der Waals surface area contributed by atoms with Gasteiger partial charge < -0.3 is 10.4 Å². The number of nitrogens with zero attached hydrogens (tertiary/aromatic N) is 3. The summed E-state index contributed by atoms with van der Waals surface area (Å²) in [7, 11) is 0. The van der Waals surface area contributed by atoms with Crippen molar-refractivity contribution >= 4 is 22.8 Å². The molecule has 132 valence electrons. The van der Waals surface area contributed by atoms with E-state index in [1.807, 2.05) is 6.07 Å². The van der Waals surface area contributed by atoms with E-state index in [1.165, 1.54) is 17.0 Å². The molecule has 0 saturated carbocycles. The summed E-state index contributed by atoms with van der Waals surface area (Å²) in [6.45, 7) is 0. The highest BCUT2D eigenvalue weighted by molar-refractivity contribution is 6.08. The molecule has 3 aromatic heterocycles. The van der Waals surface area contributed by atoms with Gasteiger partial charge in [0.15, 0.2) is 5.65 Å². The van der Waals surface area contributed by atoms with Gasteiger partial charge in [-0.15, -0.1) is 0 Å². The van der Waals surface area contributed by atoms with Crippen molar-refractivity contribution in [3.8, 4) is 11.4 Å². The average molecular weight is 358 g/mol. The van der Waals surface area contributed by atoms with Crippen LogP contribution in [0.15, 0.2) is 77.9 Å². The van der Waals surface area contributed by atoms with Crippen LogP contribution in [-0.2, 0) is 0 Å². The second kappa shape index (κ2) is 6.72. The zero-order valence-electron chi connectivity index (χ0n) is 14.0. The van der Waals surface area contributed by atoms with Crippen LogP contribution < -0.4 is 10.9 Å². The van der Waals surface area contributed by atoms with Gasteiger partial charge in [0.1, 0.15) is 17.1 Å². The lowest BCUT2D eigenvalue weighted by Crippen LogP contribution is -2.29. The molecule has 0 spiro atoms. The Kier molecular flexibility index (Phi) is 4.10. The fraction of sp³-hybridized carbons (Fsp3) is 0. The van der Waals surface area contributed by atoms with Crippen molar-refractivity contribution in [2.24, 2.45) is 0 Å². The van der Waals surface area contributed by atoms with Crippen LogP contribution in [0.1, 0.15) is 10.4 Å². The van der Waals surface area contributed by atoms with E-state index in [4.69, 9.17) is 0 Å². The molecule has 7 nitrogen and oxygen atoms in total. The minimum Gasteiger partial charge on any atom is -0.506 e. The van der Waals surface area contributed by atoms with E-state index in [0.29, 0.717) is 11.1 Å². The number of carbonyl (C=O) groups excluding carboxylic acids is 1. The Balaban J connectivity index is 1.96. The predicted molar refractivity (Wildman–Crippen MR) is 101 cm³/mol. The molecule has 0 aliphatic carbocycles. The van der Waals surface area contributed by atoms with E-state index in [1.54, 1.807) is 54.6 Å². The minimum atomic E-state index is -0.744. The Hall–Kier alpha value is -4.00. The molecule has 2 N–H and O–H groups in total. The number of para-hydroxylation sites is 1. The van der Waals surface area contributed by atoms with Crippen LogP contribution in [0, 0.1) is 0 Å². The van der Waals surface area contributed by atoms with Crippen LogP contribution in [0.25, 0.3) is 16.7 Å². The number of anilines is 1. The van der Waals surface area contributed by atoms with Gasteiger partial charge in [0.05, 0.1) is 11.1 Å². The van der Waals surface area contributed by atoms with Crippen molar-refractivity contribution in [1.82, 2.24) is 14.5 Å². The zero-order chi connectivity index (χ0) is 18.8. The number of aromatic hydroxyl groups is 1. The van der Waals surface area contributed by atoms with Crippen LogP contribution in [-0.4, -0.2) is 25.5 Å². The lowest BCUT2D eigenvalue weighted by atomic mass is 10.1. The van der Waals surface area contributed by atoms with Crippen molar-refractivity contribution in [3.05, 3.63) is 89.0 Å². The highest BCUT2D eigenvalue weighted by Gasteiger charge is 2.23. The van der Waals surface area contributed by atoms with Crippen molar-refractivity contribution in [1.29, 1.82) is 0 Å². The van der Waals surface area contributed by atoms with Gasteiger partial charge in [0, 0.05) is 12.4 Å². The van der Waals surface area contributed by atoms with E-state index in [0.717, 1.165) is 0 Å². The first-order valence-corrected chi connectivity index (χ1v) is 8.17. The van der Waals surface area contributed by atoms with Crippen molar-refractivity contribution < 1.29 is 9.90 Å². The second-order valence-corrected chi connectivity index (χ2v) is 5.74. The third kappa shape index (κ3) is 2.91. The van der Waals surface area contributed by atoms with Gasteiger partial charge >= 0.3 is 0 Å². The quantitative estimate of drug-likeness (QED) is 0.587. The molecule has 7 heteroatoms. The number of aromatic nitrogens is 3. The molecule has 4 aromatic rings. The summed E-state index contributed by atoms with van der Waals surface area (Å²) in [6.07, 6.45) is 3.04. The third-order valence-corrected chi connectivity index (χ3v) is 4.06. The lowest BCUT2D eigenvalue weighted by Gasteiger charge is -2.14. The first kappa shape index (κ1) is 16.5. The molecule has 4 rings (SSSR count). The van der Waals surface area contributed by atoms with Gasteiger partial charge in [-0.1, -0.05) is 24.3 Å². The molecule has 0 aliphatic heterocycles. The maximum absolute atomic E-state index is 13.1. The van der Waals surface area contributed by atoms with Crippen LogP contribution in [0.5, 0.6) is 5.75 Å². The fourth-order valence-corrected chi connectivity index (χ4v) is 2.84. The molecule has 0 bridgehead atoms. The summed E-state index contributed by atoms with van der Waals surface area (Å²) in [5, 5.41) is 13.5. The number of pyridine rings is 3.